The monoisotopic (exact) mass is 329 g/mol. The molecule has 128 valence electrons. The van der Waals surface area contributed by atoms with Crippen LogP contribution < -0.4 is 0 Å². The van der Waals surface area contributed by atoms with Crippen LogP contribution in [-0.2, 0) is 22.4 Å². The fourth-order valence-electron chi connectivity index (χ4n) is 3.74. The lowest BCUT2D eigenvalue weighted by Gasteiger charge is -2.33. The normalized spacial score (nSPS) is 19.8. The Hall–Kier alpha value is -2.17. The van der Waals surface area contributed by atoms with Crippen LogP contribution in [0.15, 0.2) is 18.2 Å². The van der Waals surface area contributed by atoms with E-state index in [-0.39, 0.29) is 24.5 Å². The number of carboxylic acid groups (broad SMARTS) is 1. The minimum Gasteiger partial charge on any atom is -0.480 e. The number of carbonyl (C=O) groups is 3. The number of aliphatic carboxylic acids is 1. The van der Waals surface area contributed by atoms with Gasteiger partial charge in [-0.3, -0.25) is 9.59 Å². The summed E-state index contributed by atoms with van der Waals surface area (Å²) in [6.45, 7) is 0.475. The number of amides is 1. The molecular weight excluding hydrogens is 306 g/mol. The molecule has 5 nitrogen and oxygen atoms in total. The summed E-state index contributed by atoms with van der Waals surface area (Å²) in [5.41, 5.74) is 3.23. The smallest absolute Gasteiger partial charge is 0.326 e. The first-order valence-corrected chi connectivity index (χ1v) is 8.73. The molecule has 5 heteroatoms. The molecule has 1 heterocycles. The van der Waals surface area contributed by atoms with Gasteiger partial charge in [-0.2, -0.15) is 0 Å². The highest BCUT2D eigenvalue weighted by molar-refractivity contribution is 5.98. The Balaban J connectivity index is 1.59. The molecule has 1 N–H and O–H groups in total. The molecule has 1 aromatic rings. The molecular formula is C19H23NO4. The Labute approximate surface area is 141 Å². The van der Waals surface area contributed by atoms with Crippen molar-refractivity contribution in [3.05, 3.63) is 34.9 Å². The third kappa shape index (κ3) is 3.50. The van der Waals surface area contributed by atoms with Gasteiger partial charge in [0.25, 0.3) is 0 Å². The summed E-state index contributed by atoms with van der Waals surface area (Å²) < 4.78 is 0. The van der Waals surface area contributed by atoms with Crippen molar-refractivity contribution in [1.29, 1.82) is 0 Å². The average Bonchev–Trinajstić information content (AvgIpc) is 3.06. The minimum absolute atomic E-state index is 0.0399. The largest absolute Gasteiger partial charge is 0.480 e. The van der Waals surface area contributed by atoms with E-state index in [1.54, 1.807) is 0 Å². The Morgan fingerprint density at radius 2 is 1.83 bits per heavy atom. The van der Waals surface area contributed by atoms with Crippen LogP contribution in [0.4, 0.5) is 0 Å². The SMILES string of the molecule is O=C(CCC(=O)N1CCCC[C@@H]1C(=O)O)c1ccc2c(c1)CCC2. The van der Waals surface area contributed by atoms with Gasteiger partial charge in [-0.05, 0) is 55.7 Å². The molecule has 1 aliphatic carbocycles. The summed E-state index contributed by atoms with van der Waals surface area (Å²) in [6.07, 6.45) is 5.61. The number of rotatable bonds is 5. The van der Waals surface area contributed by atoms with Crippen LogP contribution in [0.25, 0.3) is 0 Å². The standard InChI is InChI=1S/C19H23NO4/c21-17(15-8-7-13-4-3-5-14(13)12-15)9-10-18(22)20-11-2-1-6-16(20)19(23)24/h7-8,12,16H,1-6,9-11H2,(H,23,24)/t16-/m1/s1. The lowest BCUT2D eigenvalue weighted by atomic mass is 9.99. The highest BCUT2D eigenvalue weighted by Gasteiger charge is 2.31. The highest BCUT2D eigenvalue weighted by atomic mass is 16.4. The molecule has 0 saturated carbocycles. The van der Waals surface area contributed by atoms with Gasteiger partial charge >= 0.3 is 5.97 Å². The Kier molecular flexibility index (Phi) is 4.97. The van der Waals surface area contributed by atoms with Crippen LogP contribution in [0.5, 0.6) is 0 Å². The van der Waals surface area contributed by atoms with Crippen molar-refractivity contribution in [2.75, 3.05) is 6.54 Å². The van der Waals surface area contributed by atoms with Gasteiger partial charge < -0.3 is 10.0 Å². The van der Waals surface area contributed by atoms with Crippen LogP contribution >= 0.6 is 0 Å². The lowest BCUT2D eigenvalue weighted by molar-refractivity contribution is -0.152. The highest BCUT2D eigenvalue weighted by Crippen LogP contribution is 2.24. The van der Waals surface area contributed by atoms with Crippen LogP contribution in [0, 0.1) is 0 Å². The number of carbonyl (C=O) groups excluding carboxylic acids is 2. The molecule has 0 unspecified atom stereocenters. The van der Waals surface area contributed by atoms with Crippen LogP contribution in [0.2, 0.25) is 0 Å². The fourth-order valence-corrected chi connectivity index (χ4v) is 3.74. The van der Waals surface area contributed by atoms with Crippen molar-refractivity contribution in [1.82, 2.24) is 4.90 Å². The van der Waals surface area contributed by atoms with E-state index < -0.39 is 12.0 Å². The van der Waals surface area contributed by atoms with E-state index in [9.17, 15) is 19.5 Å². The van der Waals surface area contributed by atoms with Gasteiger partial charge in [0.2, 0.25) is 5.91 Å². The molecule has 0 aromatic heterocycles. The van der Waals surface area contributed by atoms with Crippen molar-refractivity contribution < 1.29 is 19.5 Å². The van der Waals surface area contributed by atoms with Crippen molar-refractivity contribution in [2.24, 2.45) is 0 Å². The van der Waals surface area contributed by atoms with E-state index in [2.05, 4.69) is 0 Å². The molecule has 1 aromatic carbocycles. The summed E-state index contributed by atoms with van der Waals surface area (Å²) in [6, 6.07) is 5.08. The molecule has 1 amide bonds. The summed E-state index contributed by atoms with van der Waals surface area (Å²) in [5.74, 6) is -1.22. The first-order valence-electron chi connectivity index (χ1n) is 8.73. The van der Waals surface area contributed by atoms with Gasteiger partial charge in [0, 0.05) is 24.9 Å². The van der Waals surface area contributed by atoms with Gasteiger partial charge in [0.05, 0.1) is 0 Å². The van der Waals surface area contributed by atoms with Gasteiger partial charge in [0.1, 0.15) is 6.04 Å². The zero-order valence-corrected chi connectivity index (χ0v) is 13.8. The number of piperidine rings is 1. The number of aryl methyl sites for hydroxylation is 2. The number of benzene rings is 1. The number of hydrogen-bond donors (Lipinski definition) is 1. The number of nitrogens with zero attached hydrogens (tertiary/aromatic N) is 1. The molecule has 2 aliphatic rings. The zero-order chi connectivity index (χ0) is 17.1. The summed E-state index contributed by atoms with van der Waals surface area (Å²) in [4.78, 5) is 37.4. The maximum Gasteiger partial charge on any atom is 0.326 e. The maximum atomic E-state index is 12.4. The number of hydrogen-bond acceptors (Lipinski definition) is 3. The maximum absolute atomic E-state index is 12.4. The second kappa shape index (κ2) is 7.16. The average molecular weight is 329 g/mol. The third-order valence-electron chi connectivity index (χ3n) is 5.09. The van der Waals surface area contributed by atoms with Crippen LogP contribution in [-0.4, -0.2) is 40.3 Å². The molecule has 0 spiro atoms. The molecule has 1 saturated heterocycles. The first kappa shape index (κ1) is 16.7. The fraction of sp³-hybridized carbons (Fsp3) is 0.526. The van der Waals surface area contributed by atoms with Crippen molar-refractivity contribution >= 4 is 17.7 Å². The molecule has 24 heavy (non-hydrogen) atoms. The van der Waals surface area contributed by atoms with Gasteiger partial charge in [-0.25, -0.2) is 4.79 Å². The summed E-state index contributed by atoms with van der Waals surface area (Å²) >= 11 is 0. The lowest BCUT2D eigenvalue weighted by Crippen LogP contribution is -2.48. The van der Waals surface area contributed by atoms with Gasteiger partial charge in [-0.1, -0.05) is 12.1 Å². The molecule has 3 rings (SSSR count). The number of likely N-dealkylation sites (tertiary alicyclic amines) is 1. The van der Waals surface area contributed by atoms with Crippen molar-refractivity contribution in [3.63, 3.8) is 0 Å². The van der Waals surface area contributed by atoms with Crippen molar-refractivity contribution in [2.45, 2.75) is 57.4 Å². The Bertz CT molecular complexity index is 667. The molecule has 1 aliphatic heterocycles. The van der Waals surface area contributed by atoms with Crippen LogP contribution in [0.3, 0.4) is 0 Å². The quantitative estimate of drug-likeness (QED) is 0.843. The van der Waals surface area contributed by atoms with E-state index >= 15 is 0 Å². The number of fused-ring (bicyclic) bond motifs is 1. The third-order valence-corrected chi connectivity index (χ3v) is 5.09. The van der Waals surface area contributed by atoms with Gasteiger partial charge in [0.15, 0.2) is 5.78 Å². The Morgan fingerprint density at radius 1 is 1.04 bits per heavy atom. The van der Waals surface area contributed by atoms with E-state index in [0.29, 0.717) is 18.5 Å². The van der Waals surface area contributed by atoms with Gasteiger partial charge in [-0.15, -0.1) is 0 Å². The van der Waals surface area contributed by atoms with Crippen molar-refractivity contribution in [3.8, 4) is 0 Å². The molecule has 1 atom stereocenters. The molecule has 0 bridgehead atoms. The minimum atomic E-state index is -0.951. The summed E-state index contributed by atoms with van der Waals surface area (Å²) in [7, 11) is 0. The second-order valence-electron chi connectivity index (χ2n) is 6.70. The predicted octanol–water partition coefficient (Wildman–Crippen LogP) is 2.60. The Morgan fingerprint density at radius 3 is 2.62 bits per heavy atom. The first-order chi connectivity index (χ1) is 11.6. The van der Waals surface area contributed by atoms with Crippen LogP contribution in [0.1, 0.15) is 60.0 Å². The van der Waals surface area contributed by atoms with E-state index in [1.807, 2.05) is 18.2 Å². The number of carboxylic acids is 1. The van der Waals surface area contributed by atoms with E-state index in [1.165, 1.54) is 16.0 Å². The van der Waals surface area contributed by atoms with E-state index in [0.717, 1.165) is 32.1 Å². The predicted molar refractivity (Wildman–Crippen MR) is 89.0 cm³/mol. The molecule has 1 fully saturated rings. The zero-order valence-electron chi connectivity index (χ0n) is 13.8. The topological polar surface area (TPSA) is 74.7 Å². The summed E-state index contributed by atoms with van der Waals surface area (Å²) in [5, 5.41) is 9.24. The second-order valence-corrected chi connectivity index (χ2v) is 6.70. The van der Waals surface area contributed by atoms with E-state index in [4.69, 9.17) is 0 Å². The molecule has 0 radical (unpaired) electrons. The number of Topliss-reactive ketones (excluding diaryl/α,β-unsaturated/α-hetero) is 1. The number of ketones is 1.